The summed E-state index contributed by atoms with van der Waals surface area (Å²) in [6, 6.07) is 11.3. The van der Waals surface area contributed by atoms with Crippen LogP contribution in [0.4, 0.5) is 0 Å². The SMILES string of the molecule is Cc1ccc(-c2ccc(=O)n(CCC(=O)NCCCN3C[C@@H](C)C[C@H](C)C3)n2)cc1. The van der Waals surface area contributed by atoms with Gasteiger partial charge in [0, 0.05) is 37.7 Å². The number of rotatable bonds is 8. The number of carbonyl (C=O) groups excluding carboxylic acids is 1. The highest BCUT2D eigenvalue weighted by Gasteiger charge is 2.21. The van der Waals surface area contributed by atoms with Crippen molar-refractivity contribution >= 4 is 5.91 Å². The molecular weight excluding hydrogens is 376 g/mol. The Hall–Kier alpha value is -2.47. The van der Waals surface area contributed by atoms with Crippen LogP contribution in [0.1, 0.15) is 38.7 Å². The summed E-state index contributed by atoms with van der Waals surface area (Å²) in [5.41, 5.74) is 2.68. The standard InChI is InChI=1S/C24H34N4O2/c1-18-5-7-21(8-6-18)22-9-10-24(30)28(26-22)14-11-23(29)25-12-4-13-27-16-19(2)15-20(3)17-27/h5-10,19-20H,4,11-17H2,1-3H3,(H,25,29)/t19-,20-/m0/s1. The van der Waals surface area contributed by atoms with Crippen molar-refractivity contribution < 1.29 is 4.79 Å². The van der Waals surface area contributed by atoms with E-state index in [1.165, 1.54) is 22.7 Å². The molecule has 0 radical (unpaired) electrons. The van der Waals surface area contributed by atoms with Gasteiger partial charge in [0.15, 0.2) is 0 Å². The lowest BCUT2D eigenvalue weighted by molar-refractivity contribution is -0.121. The van der Waals surface area contributed by atoms with Gasteiger partial charge in [-0.25, -0.2) is 4.68 Å². The van der Waals surface area contributed by atoms with Gasteiger partial charge in [-0.3, -0.25) is 9.59 Å². The Kier molecular flexibility index (Phi) is 7.80. The second kappa shape index (κ2) is 10.5. The minimum Gasteiger partial charge on any atom is -0.356 e. The Bertz CT molecular complexity index is 881. The molecule has 0 spiro atoms. The fraction of sp³-hybridized carbons (Fsp3) is 0.542. The first-order valence-corrected chi connectivity index (χ1v) is 11.0. The topological polar surface area (TPSA) is 67.2 Å². The van der Waals surface area contributed by atoms with Gasteiger partial charge in [0.2, 0.25) is 5.91 Å². The quantitative estimate of drug-likeness (QED) is 0.679. The average molecular weight is 411 g/mol. The molecule has 0 aliphatic carbocycles. The van der Waals surface area contributed by atoms with Gasteiger partial charge in [-0.15, -0.1) is 0 Å². The zero-order valence-corrected chi connectivity index (χ0v) is 18.4. The number of piperidine rings is 1. The minimum atomic E-state index is -0.188. The Morgan fingerprint density at radius 2 is 1.77 bits per heavy atom. The number of likely N-dealkylation sites (tertiary alicyclic amines) is 1. The highest BCUT2D eigenvalue weighted by molar-refractivity contribution is 5.75. The van der Waals surface area contributed by atoms with E-state index in [0.717, 1.165) is 49.1 Å². The summed E-state index contributed by atoms with van der Waals surface area (Å²) in [6.45, 7) is 10.9. The molecule has 1 N–H and O–H groups in total. The molecule has 1 saturated heterocycles. The number of nitrogens with zero attached hydrogens (tertiary/aromatic N) is 3. The van der Waals surface area contributed by atoms with Gasteiger partial charge >= 0.3 is 0 Å². The molecule has 1 aliphatic heterocycles. The third-order valence-corrected chi connectivity index (χ3v) is 5.68. The molecule has 6 heteroatoms. The molecule has 1 fully saturated rings. The van der Waals surface area contributed by atoms with Crippen molar-refractivity contribution in [2.75, 3.05) is 26.2 Å². The summed E-state index contributed by atoms with van der Waals surface area (Å²) >= 11 is 0. The summed E-state index contributed by atoms with van der Waals surface area (Å²) in [5, 5.41) is 7.41. The number of hydrogen-bond acceptors (Lipinski definition) is 4. The monoisotopic (exact) mass is 410 g/mol. The third-order valence-electron chi connectivity index (χ3n) is 5.68. The third kappa shape index (κ3) is 6.52. The molecule has 0 saturated carbocycles. The molecule has 2 atom stereocenters. The van der Waals surface area contributed by atoms with Crippen molar-refractivity contribution in [1.29, 1.82) is 0 Å². The van der Waals surface area contributed by atoms with Crippen LogP contribution < -0.4 is 10.9 Å². The number of benzene rings is 1. The normalized spacial score (nSPS) is 19.6. The van der Waals surface area contributed by atoms with Gasteiger partial charge in [0.05, 0.1) is 12.2 Å². The summed E-state index contributed by atoms with van der Waals surface area (Å²) in [4.78, 5) is 26.8. The zero-order valence-electron chi connectivity index (χ0n) is 18.4. The molecule has 0 unspecified atom stereocenters. The summed E-state index contributed by atoms with van der Waals surface area (Å²) in [5.74, 6) is 1.47. The van der Waals surface area contributed by atoms with Gasteiger partial charge in [0.1, 0.15) is 0 Å². The van der Waals surface area contributed by atoms with E-state index in [9.17, 15) is 9.59 Å². The number of aryl methyl sites for hydroxylation is 2. The number of nitrogens with one attached hydrogen (secondary N) is 1. The van der Waals surface area contributed by atoms with Crippen LogP contribution in [0.5, 0.6) is 0 Å². The molecule has 162 valence electrons. The largest absolute Gasteiger partial charge is 0.356 e. The Balaban J connectivity index is 1.43. The highest BCUT2D eigenvalue weighted by Crippen LogP contribution is 2.20. The van der Waals surface area contributed by atoms with Crippen molar-refractivity contribution in [3.63, 3.8) is 0 Å². The number of aromatic nitrogens is 2. The number of carbonyl (C=O) groups is 1. The van der Waals surface area contributed by atoms with E-state index in [0.29, 0.717) is 6.54 Å². The van der Waals surface area contributed by atoms with E-state index >= 15 is 0 Å². The summed E-state index contributed by atoms with van der Waals surface area (Å²) in [6.07, 6.45) is 2.51. The Morgan fingerprint density at radius 3 is 2.47 bits per heavy atom. The first-order valence-electron chi connectivity index (χ1n) is 11.0. The van der Waals surface area contributed by atoms with Crippen LogP contribution in [0.3, 0.4) is 0 Å². The summed E-state index contributed by atoms with van der Waals surface area (Å²) in [7, 11) is 0. The van der Waals surface area contributed by atoms with Crippen molar-refractivity contribution in [3.05, 3.63) is 52.3 Å². The van der Waals surface area contributed by atoms with Crippen LogP contribution in [0.2, 0.25) is 0 Å². The highest BCUT2D eigenvalue weighted by atomic mass is 16.2. The van der Waals surface area contributed by atoms with Gasteiger partial charge < -0.3 is 10.2 Å². The lowest BCUT2D eigenvalue weighted by Gasteiger charge is -2.34. The maximum atomic E-state index is 12.2. The van der Waals surface area contributed by atoms with Crippen molar-refractivity contribution in [2.45, 2.75) is 46.6 Å². The number of amides is 1. The predicted molar refractivity (Wildman–Crippen MR) is 120 cm³/mol. The van der Waals surface area contributed by atoms with Crippen molar-refractivity contribution in [2.24, 2.45) is 11.8 Å². The Morgan fingerprint density at radius 1 is 1.07 bits per heavy atom. The van der Waals surface area contributed by atoms with Crippen LogP contribution in [0.25, 0.3) is 11.3 Å². The minimum absolute atomic E-state index is 0.0372. The maximum Gasteiger partial charge on any atom is 0.266 e. The molecule has 2 heterocycles. The van der Waals surface area contributed by atoms with Gasteiger partial charge in [0.25, 0.3) is 5.56 Å². The van der Waals surface area contributed by atoms with Crippen molar-refractivity contribution in [3.8, 4) is 11.3 Å². The van der Waals surface area contributed by atoms with Crippen LogP contribution in [0.15, 0.2) is 41.2 Å². The molecule has 1 aromatic carbocycles. The maximum absolute atomic E-state index is 12.2. The van der Waals surface area contributed by atoms with Gasteiger partial charge in [-0.2, -0.15) is 5.10 Å². The Labute approximate surface area is 179 Å². The molecule has 1 aliphatic rings. The molecule has 30 heavy (non-hydrogen) atoms. The molecule has 1 aromatic heterocycles. The van der Waals surface area contributed by atoms with Crippen LogP contribution in [-0.2, 0) is 11.3 Å². The van der Waals surface area contributed by atoms with Crippen molar-refractivity contribution in [1.82, 2.24) is 20.0 Å². The van der Waals surface area contributed by atoms with Crippen LogP contribution in [-0.4, -0.2) is 46.8 Å². The molecule has 3 rings (SSSR count). The average Bonchev–Trinajstić information content (AvgIpc) is 2.70. The molecule has 1 amide bonds. The van der Waals surface area contributed by atoms with Gasteiger partial charge in [-0.05, 0) is 44.2 Å². The lowest BCUT2D eigenvalue weighted by Crippen LogP contribution is -2.40. The van der Waals surface area contributed by atoms with E-state index < -0.39 is 0 Å². The first-order chi connectivity index (χ1) is 14.4. The summed E-state index contributed by atoms with van der Waals surface area (Å²) < 4.78 is 1.38. The second-order valence-electron chi connectivity index (χ2n) is 8.81. The van der Waals surface area contributed by atoms with E-state index in [2.05, 4.69) is 29.2 Å². The fourth-order valence-corrected chi connectivity index (χ4v) is 4.29. The van der Waals surface area contributed by atoms with E-state index in [-0.39, 0.29) is 24.4 Å². The molecule has 6 nitrogen and oxygen atoms in total. The zero-order chi connectivity index (χ0) is 21.5. The van der Waals surface area contributed by atoms with Gasteiger partial charge in [-0.1, -0.05) is 43.7 Å². The number of hydrogen-bond donors (Lipinski definition) is 1. The smallest absolute Gasteiger partial charge is 0.266 e. The molecule has 0 bridgehead atoms. The van der Waals surface area contributed by atoms with Crippen LogP contribution >= 0.6 is 0 Å². The second-order valence-corrected chi connectivity index (χ2v) is 8.81. The lowest BCUT2D eigenvalue weighted by atomic mass is 9.92. The predicted octanol–water partition coefficient (Wildman–Crippen LogP) is 3.09. The first kappa shape index (κ1) is 22.2. The van der Waals surface area contributed by atoms with E-state index in [1.807, 2.05) is 31.2 Å². The van der Waals surface area contributed by atoms with Crippen LogP contribution in [0, 0.1) is 18.8 Å². The fourth-order valence-electron chi connectivity index (χ4n) is 4.29. The molecule has 2 aromatic rings. The molecular formula is C24H34N4O2. The van der Waals surface area contributed by atoms with E-state index in [4.69, 9.17) is 0 Å². The van der Waals surface area contributed by atoms with E-state index in [1.54, 1.807) is 6.07 Å².